The van der Waals surface area contributed by atoms with Gasteiger partial charge >= 0.3 is 5.97 Å². The number of carboxylic acid groups (broad SMARTS) is 1. The monoisotopic (exact) mass is 264 g/mol. The Labute approximate surface area is 115 Å². The van der Waals surface area contributed by atoms with E-state index in [1.54, 1.807) is 13.8 Å². The predicted molar refractivity (Wildman–Crippen MR) is 76.2 cm³/mol. The van der Waals surface area contributed by atoms with Crippen molar-refractivity contribution in [3.63, 3.8) is 0 Å². The van der Waals surface area contributed by atoms with Gasteiger partial charge in [0.05, 0.1) is 11.5 Å². The minimum atomic E-state index is -0.924. The number of aliphatic carboxylic acids is 1. The average molecular weight is 264 g/mol. The van der Waals surface area contributed by atoms with Crippen molar-refractivity contribution in [2.45, 2.75) is 53.1 Å². The zero-order chi connectivity index (χ0) is 14.6. The number of carbonyl (C=O) groups is 1. The third-order valence-electron chi connectivity index (χ3n) is 3.64. The predicted octanol–water partition coefficient (Wildman–Crippen LogP) is 3.35. The number of aryl methyl sites for hydroxylation is 2. The van der Waals surface area contributed by atoms with Gasteiger partial charge in [-0.15, -0.1) is 0 Å². The van der Waals surface area contributed by atoms with Gasteiger partial charge in [-0.05, 0) is 49.8 Å². The summed E-state index contributed by atoms with van der Waals surface area (Å²) in [5.41, 5.74) is 2.20. The van der Waals surface area contributed by atoms with E-state index < -0.39 is 17.5 Å². The molecule has 0 saturated carbocycles. The highest BCUT2D eigenvalue weighted by molar-refractivity contribution is 5.73. The van der Waals surface area contributed by atoms with Crippen molar-refractivity contribution in [1.29, 1.82) is 0 Å². The van der Waals surface area contributed by atoms with Crippen LogP contribution in [0.25, 0.3) is 0 Å². The van der Waals surface area contributed by atoms with Crippen molar-refractivity contribution in [3.05, 3.63) is 34.9 Å². The number of hydrogen-bond donors (Lipinski definition) is 2. The minimum absolute atomic E-state index is 0.225. The molecule has 0 spiro atoms. The highest BCUT2D eigenvalue weighted by Crippen LogP contribution is 2.32. The molecular weight excluding hydrogens is 240 g/mol. The highest BCUT2D eigenvalue weighted by Gasteiger charge is 2.31. The summed E-state index contributed by atoms with van der Waals surface area (Å²) in [6, 6.07) is 6.10. The van der Waals surface area contributed by atoms with Crippen LogP contribution >= 0.6 is 0 Å². The summed E-state index contributed by atoms with van der Waals surface area (Å²) in [5.74, 6) is -0.878. The molecule has 0 aliphatic rings. The standard InChI is InChI=1S/C16H24O3/c1-5-11-7-8-12(6-2)13(9-11)14(17)10-16(3,4)15(18)19/h7-9,14,17H,5-6,10H2,1-4H3,(H,18,19). The van der Waals surface area contributed by atoms with Crippen LogP contribution in [0.1, 0.15) is 56.9 Å². The van der Waals surface area contributed by atoms with Gasteiger partial charge in [-0.3, -0.25) is 4.79 Å². The molecule has 0 fully saturated rings. The zero-order valence-corrected chi connectivity index (χ0v) is 12.2. The first-order valence-electron chi connectivity index (χ1n) is 6.85. The van der Waals surface area contributed by atoms with Crippen LogP contribution in [0.4, 0.5) is 0 Å². The molecule has 0 aliphatic carbocycles. The molecule has 3 heteroatoms. The molecule has 1 aromatic rings. The number of rotatable bonds is 6. The van der Waals surface area contributed by atoms with Crippen molar-refractivity contribution in [2.75, 3.05) is 0 Å². The molecule has 1 rings (SSSR count). The number of aliphatic hydroxyl groups is 1. The van der Waals surface area contributed by atoms with E-state index in [9.17, 15) is 9.90 Å². The first-order valence-corrected chi connectivity index (χ1v) is 6.85. The van der Waals surface area contributed by atoms with Crippen LogP contribution in [0.15, 0.2) is 18.2 Å². The van der Waals surface area contributed by atoms with Crippen molar-refractivity contribution in [1.82, 2.24) is 0 Å². The maximum absolute atomic E-state index is 11.2. The lowest BCUT2D eigenvalue weighted by atomic mass is 9.83. The van der Waals surface area contributed by atoms with Crippen LogP contribution in [0, 0.1) is 5.41 Å². The molecule has 106 valence electrons. The molecule has 0 bridgehead atoms. The second kappa shape index (κ2) is 6.20. The fraction of sp³-hybridized carbons (Fsp3) is 0.562. The van der Waals surface area contributed by atoms with E-state index in [0.29, 0.717) is 0 Å². The molecule has 2 N–H and O–H groups in total. The van der Waals surface area contributed by atoms with Gasteiger partial charge in [0.15, 0.2) is 0 Å². The summed E-state index contributed by atoms with van der Waals surface area (Å²) in [4.78, 5) is 11.2. The summed E-state index contributed by atoms with van der Waals surface area (Å²) < 4.78 is 0. The SMILES string of the molecule is CCc1ccc(CC)c(C(O)CC(C)(C)C(=O)O)c1. The molecule has 3 nitrogen and oxygen atoms in total. The zero-order valence-electron chi connectivity index (χ0n) is 12.2. The van der Waals surface area contributed by atoms with E-state index >= 15 is 0 Å². The topological polar surface area (TPSA) is 57.5 Å². The van der Waals surface area contributed by atoms with Gasteiger partial charge in [0, 0.05) is 0 Å². The second-order valence-corrected chi connectivity index (χ2v) is 5.65. The lowest BCUT2D eigenvalue weighted by Gasteiger charge is -2.24. The summed E-state index contributed by atoms with van der Waals surface area (Å²) >= 11 is 0. The van der Waals surface area contributed by atoms with Crippen LogP contribution in [0.3, 0.4) is 0 Å². The Morgan fingerprint density at radius 1 is 1.26 bits per heavy atom. The van der Waals surface area contributed by atoms with Crippen LogP contribution in [0.5, 0.6) is 0 Å². The molecule has 1 atom stereocenters. The normalized spacial score (nSPS) is 13.3. The molecule has 19 heavy (non-hydrogen) atoms. The average Bonchev–Trinajstić information content (AvgIpc) is 2.37. The van der Waals surface area contributed by atoms with E-state index in [1.807, 2.05) is 19.1 Å². The summed E-state index contributed by atoms with van der Waals surface area (Å²) in [5, 5.41) is 19.5. The van der Waals surface area contributed by atoms with E-state index in [1.165, 1.54) is 5.56 Å². The van der Waals surface area contributed by atoms with Crippen LogP contribution in [0.2, 0.25) is 0 Å². The highest BCUT2D eigenvalue weighted by atomic mass is 16.4. The molecule has 0 aliphatic heterocycles. The smallest absolute Gasteiger partial charge is 0.309 e. The lowest BCUT2D eigenvalue weighted by Crippen LogP contribution is -2.26. The maximum atomic E-state index is 11.2. The second-order valence-electron chi connectivity index (χ2n) is 5.65. The summed E-state index contributed by atoms with van der Waals surface area (Å²) in [7, 11) is 0. The molecule has 0 aromatic heterocycles. The van der Waals surface area contributed by atoms with E-state index in [0.717, 1.165) is 24.0 Å². The first kappa shape index (κ1) is 15.7. The minimum Gasteiger partial charge on any atom is -0.481 e. The maximum Gasteiger partial charge on any atom is 0.309 e. The van der Waals surface area contributed by atoms with Gasteiger partial charge in [-0.1, -0.05) is 32.0 Å². The summed E-state index contributed by atoms with van der Waals surface area (Å²) in [6.07, 6.45) is 1.24. The van der Waals surface area contributed by atoms with Crippen LogP contribution < -0.4 is 0 Å². The Kier molecular flexibility index (Phi) is 5.12. The Morgan fingerprint density at radius 3 is 2.37 bits per heavy atom. The molecule has 0 saturated heterocycles. The fourth-order valence-corrected chi connectivity index (χ4v) is 2.18. The van der Waals surface area contributed by atoms with Crippen molar-refractivity contribution in [3.8, 4) is 0 Å². The number of aliphatic hydroxyl groups excluding tert-OH is 1. The van der Waals surface area contributed by atoms with E-state index in [4.69, 9.17) is 5.11 Å². The summed E-state index contributed by atoms with van der Waals surface area (Å²) in [6.45, 7) is 7.40. The Bertz CT molecular complexity index is 449. The van der Waals surface area contributed by atoms with Crippen molar-refractivity contribution in [2.24, 2.45) is 5.41 Å². The quantitative estimate of drug-likeness (QED) is 0.828. The Morgan fingerprint density at radius 2 is 1.89 bits per heavy atom. The fourth-order valence-electron chi connectivity index (χ4n) is 2.18. The van der Waals surface area contributed by atoms with Gasteiger partial charge in [-0.2, -0.15) is 0 Å². The van der Waals surface area contributed by atoms with Crippen molar-refractivity contribution >= 4 is 5.97 Å². The van der Waals surface area contributed by atoms with Crippen LogP contribution in [-0.2, 0) is 17.6 Å². The number of benzene rings is 1. The molecule has 0 amide bonds. The molecule has 1 unspecified atom stereocenters. The number of carboxylic acids is 1. The Hall–Kier alpha value is -1.35. The third-order valence-corrected chi connectivity index (χ3v) is 3.64. The van der Waals surface area contributed by atoms with Gasteiger partial charge in [0.2, 0.25) is 0 Å². The van der Waals surface area contributed by atoms with Gasteiger partial charge in [0.25, 0.3) is 0 Å². The van der Waals surface area contributed by atoms with Crippen LogP contribution in [-0.4, -0.2) is 16.2 Å². The van der Waals surface area contributed by atoms with E-state index in [-0.39, 0.29) is 6.42 Å². The van der Waals surface area contributed by atoms with E-state index in [2.05, 4.69) is 13.0 Å². The van der Waals surface area contributed by atoms with Gasteiger partial charge in [-0.25, -0.2) is 0 Å². The third kappa shape index (κ3) is 3.80. The molecular formula is C16H24O3. The van der Waals surface area contributed by atoms with Gasteiger partial charge < -0.3 is 10.2 Å². The largest absolute Gasteiger partial charge is 0.481 e. The molecule has 0 radical (unpaired) electrons. The van der Waals surface area contributed by atoms with Crippen molar-refractivity contribution < 1.29 is 15.0 Å². The lowest BCUT2D eigenvalue weighted by molar-refractivity contribution is -0.148. The Balaban J connectivity index is 3.04. The molecule has 0 heterocycles. The number of hydrogen-bond acceptors (Lipinski definition) is 2. The first-order chi connectivity index (χ1) is 8.81. The molecule has 1 aromatic carbocycles. The van der Waals surface area contributed by atoms with Gasteiger partial charge in [0.1, 0.15) is 0 Å².